The summed E-state index contributed by atoms with van der Waals surface area (Å²) in [6.45, 7) is 2.23. The molecule has 0 aliphatic carbocycles. The lowest BCUT2D eigenvalue weighted by Gasteiger charge is -2.36. The van der Waals surface area contributed by atoms with Crippen molar-refractivity contribution in [2.45, 2.75) is 31.6 Å². The number of phenolic OH excluding ortho intramolecular Hbond substituents is 1. The van der Waals surface area contributed by atoms with Gasteiger partial charge in [0.1, 0.15) is 5.75 Å². The van der Waals surface area contributed by atoms with Gasteiger partial charge >= 0.3 is 6.18 Å². The summed E-state index contributed by atoms with van der Waals surface area (Å²) in [5.41, 5.74) is -0.374. The third-order valence-corrected chi connectivity index (χ3v) is 3.98. The quantitative estimate of drug-likeness (QED) is 0.930. The summed E-state index contributed by atoms with van der Waals surface area (Å²) in [4.78, 5) is 4.32. The number of likely N-dealkylation sites (N-methyl/N-ethyl adjacent to an activating group) is 1. The normalized spacial score (nSPS) is 21.0. The Bertz CT molecular complexity index is 488. The van der Waals surface area contributed by atoms with E-state index in [4.69, 9.17) is 0 Å². The lowest BCUT2D eigenvalue weighted by molar-refractivity contribution is -0.138. The van der Waals surface area contributed by atoms with Gasteiger partial charge in [-0.15, -0.1) is 0 Å². The molecule has 1 heterocycles. The predicted molar refractivity (Wildman–Crippen MR) is 75.1 cm³/mol. The standard InChI is InChI=1S/C15H21F3N2O/c1-19(2)12-4-3-7-20(10-12)9-11-5-6-14(21)13(8-11)15(16,17)18/h5-6,8,12,21H,3-4,7,9-10H2,1-2H3. The van der Waals surface area contributed by atoms with Crippen LogP contribution in [0.25, 0.3) is 0 Å². The fourth-order valence-corrected chi connectivity index (χ4v) is 2.76. The Balaban J connectivity index is 2.09. The van der Waals surface area contributed by atoms with Crippen molar-refractivity contribution in [2.24, 2.45) is 0 Å². The van der Waals surface area contributed by atoms with Crippen LogP contribution < -0.4 is 0 Å². The van der Waals surface area contributed by atoms with Crippen molar-refractivity contribution in [3.05, 3.63) is 29.3 Å². The first-order valence-electron chi connectivity index (χ1n) is 7.05. The Kier molecular flexibility index (Phi) is 4.78. The van der Waals surface area contributed by atoms with Crippen LogP contribution in [0.1, 0.15) is 24.0 Å². The first-order chi connectivity index (χ1) is 9.77. The van der Waals surface area contributed by atoms with E-state index in [1.165, 1.54) is 0 Å². The minimum absolute atomic E-state index is 0.443. The summed E-state index contributed by atoms with van der Waals surface area (Å²) in [6, 6.07) is 4.18. The van der Waals surface area contributed by atoms with Gasteiger partial charge in [0.25, 0.3) is 0 Å². The Morgan fingerprint density at radius 2 is 2.05 bits per heavy atom. The minimum atomic E-state index is -4.52. The maximum atomic E-state index is 12.8. The molecule has 1 fully saturated rings. The average molecular weight is 302 g/mol. The van der Waals surface area contributed by atoms with Crippen LogP contribution in [-0.2, 0) is 12.7 Å². The second-order valence-corrected chi connectivity index (χ2v) is 5.84. The van der Waals surface area contributed by atoms with Crippen molar-refractivity contribution in [2.75, 3.05) is 27.2 Å². The Morgan fingerprint density at radius 1 is 1.33 bits per heavy atom. The van der Waals surface area contributed by atoms with E-state index in [9.17, 15) is 18.3 Å². The number of aromatic hydroxyl groups is 1. The molecule has 1 aliphatic heterocycles. The molecule has 3 nitrogen and oxygen atoms in total. The molecule has 2 rings (SSSR count). The van der Waals surface area contributed by atoms with E-state index < -0.39 is 17.5 Å². The SMILES string of the molecule is CN(C)C1CCCN(Cc2ccc(O)c(C(F)(F)F)c2)C1. The maximum absolute atomic E-state index is 12.8. The van der Waals surface area contributed by atoms with Crippen molar-refractivity contribution >= 4 is 0 Å². The summed E-state index contributed by atoms with van der Waals surface area (Å²) < 4.78 is 38.4. The van der Waals surface area contributed by atoms with Crippen LogP contribution in [0.4, 0.5) is 13.2 Å². The third-order valence-electron chi connectivity index (χ3n) is 3.98. The fourth-order valence-electron chi connectivity index (χ4n) is 2.76. The van der Waals surface area contributed by atoms with Gasteiger partial charge in [-0.25, -0.2) is 0 Å². The summed E-state index contributed by atoms with van der Waals surface area (Å²) >= 11 is 0. The van der Waals surface area contributed by atoms with Crippen LogP contribution in [0.5, 0.6) is 5.75 Å². The number of benzene rings is 1. The van der Waals surface area contributed by atoms with Crippen molar-refractivity contribution in [1.82, 2.24) is 9.80 Å². The third kappa shape index (κ3) is 4.11. The summed E-state index contributed by atoms with van der Waals surface area (Å²) in [5.74, 6) is -0.712. The lowest BCUT2D eigenvalue weighted by atomic mass is 10.0. The molecular weight excluding hydrogens is 281 g/mol. The molecule has 1 saturated heterocycles. The van der Waals surface area contributed by atoms with E-state index >= 15 is 0 Å². The molecule has 1 unspecified atom stereocenters. The second-order valence-electron chi connectivity index (χ2n) is 5.84. The number of alkyl halides is 3. The highest BCUT2D eigenvalue weighted by Crippen LogP contribution is 2.36. The molecule has 0 spiro atoms. The van der Waals surface area contributed by atoms with Gasteiger partial charge in [0.15, 0.2) is 0 Å². The van der Waals surface area contributed by atoms with Gasteiger partial charge in [0.2, 0.25) is 0 Å². The molecule has 1 aromatic rings. The van der Waals surface area contributed by atoms with Gasteiger partial charge in [-0.3, -0.25) is 4.90 Å². The summed E-state index contributed by atoms with van der Waals surface area (Å²) in [7, 11) is 4.05. The van der Waals surface area contributed by atoms with Gasteiger partial charge in [0, 0.05) is 19.1 Å². The zero-order valence-electron chi connectivity index (χ0n) is 12.3. The Hall–Kier alpha value is -1.27. The number of likely N-dealkylation sites (tertiary alicyclic amines) is 1. The molecule has 0 aromatic heterocycles. The molecule has 0 radical (unpaired) electrons. The molecule has 0 bridgehead atoms. The van der Waals surface area contributed by atoms with E-state index in [0.29, 0.717) is 18.2 Å². The van der Waals surface area contributed by atoms with Crippen molar-refractivity contribution < 1.29 is 18.3 Å². The van der Waals surface area contributed by atoms with Crippen LogP contribution in [0.15, 0.2) is 18.2 Å². The van der Waals surface area contributed by atoms with Crippen LogP contribution >= 0.6 is 0 Å². The van der Waals surface area contributed by atoms with Crippen LogP contribution in [0, 0.1) is 0 Å². The number of halogens is 3. The highest BCUT2D eigenvalue weighted by Gasteiger charge is 2.34. The van der Waals surface area contributed by atoms with Gasteiger partial charge in [-0.1, -0.05) is 6.07 Å². The topological polar surface area (TPSA) is 26.7 Å². The smallest absolute Gasteiger partial charge is 0.419 e. The molecule has 6 heteroatoms. The predicted octanol–water partition coefficient (Wildman–Crippen LogP) is 2.94. The summed E-state index contributed by atoms with van der Waals surface area (Å²) in [6.07, 6.45) is -2.35. The molecule has 0 amide bonds. The first-order valence-corrected chi connectivity index (χ1v) is 7.05. The maximum Gasteiger partial charge on any atom is 0.419 e. The zero-order valence-corrected chi connectivity index (χ0v) is 12.3. The highest BCUT2D eigenvalue weighted by atomic mass is 19.4. The lowest BCUT2D eigenvalue weighted by Crippen LogP contribution is -2.44. The zero-order chi connectivity index (χ0) is 15.6. The molecule has 1 N–H and O–H groups in total. The molecule has 0 saturated carbocycles. The van der Waals surface area contributed by atoms with E-state index in [1.807, 2.05) is 14.1 Å². The van der Waals surface area contributed by atoms with Gasteiger partial charge in [-0.2, -0.15) is 13.2 Å². The van der Waals surface area contributed by atoms with Crippen LogP contribution in [0.3, 0.4) is 0 Å². The Morgan fingerprint density at radius 3 is 2.67 bits per heavy atom. The number of nitrogens with zero attached hydrogens (tertiary/aromatic N) is 2. The molecular formula is C15H21F3N2O. The van der Waals surface area contributed by atoms with E-state index in [1.54, 1.807) is 6.07 Å². The van der Waals surface area contributed by atoms with E-state index in [-0.39, 0.29) is 0 Å². The molecule has 1 aliphatic rings. The van der Waals surface area contributed by atoms with Gasteiger partial charge in [-0.05, 0) is 51.2 Å². The molecule has 1 atom stereocenters. The number of hydrogen-bond donors (Lipinski definition) is 1. The number of phenols is 1. The average Bonchev–Trinajstić information content (AvgIpc) is 2.40. The molecule has 118 valence electrons. The Labute approximate surface area is 123 Å². The monoisotopic (exact) mass is 302 g/mol. The van der Waals surface area contributed by atoms with E-state index in [0.717, 1.165) is 38.1 Å². The van der Waals surface area contributed by atoms with Crippen LogP contribution in [-0.4, -0.2) is 48.1 Å². The fraction of sp³-hybridized carbons (Fsp3) is 0.600. The highest BCUT2D eigenvalue weighted by molar-refractivity contribution is 5.38. The van der Waals surface area contributed by atoms with Gasteiger partial charge < -0.3 is 10.0 Å². The van der Waals surface area contributed by atoms with Gasteiger partial charge in [0.05, 0.1) is 5.56 Å². The number of piperidine rings is 1. The molecule has 1 aromatic carbocycles. The number of hydrogen-bond acceptors (Lipinski definition) is 3. The van der Waals surface area contributed by atoms with Crippen molar-refractivity contribution in [1.29, 1.82) is 0 Å². The largest absolute Gasteiger partial charge is 0.507 e. The van der Waals surface area contributed by atoms with E-state index in [2.05, 4.69) is 9.80 Å². The summed E-state index contributed by atoms with van der Waals surface area (Å²) in [5, 5.41) is 9.35. The van der Waals surface area contributed by atoms with Crippen LogP contribution in [0.2, 0.25) is 0 Å². The minimum Gasteiger partial charge on any atom is -0.507 e. The van der Waals surface area contributed by atoms with Crippen molar-refractivity contribution in [3.63, 3.8) is 0 Å². The second kappa shape index (κ2) is 6.23. The molecule has 21 heavy (non-hydrogen) atoms. The first kappa shape index (κ1) is 16.1. The number of rotatable bonds is 3. The van der Waals surface area contributed by atoms with Crippen molar-refractivity contribution in [3.8, 4) is 5.75 Å².